The zero-order chi connectivity index (χ0) is 21.3. The van der Waals surface area contributed by atoms with Gasteiger partial charge in [0.2, 0.25) is 0 Å². The monoisotopic (exact) mass is 394 g/mol. The molecule has 0 saturated carbocycles. The van der Waals surface area contributed by atoms with Gasteiger partial charge in [-0.3, -0.25) is 0 Å². The van der Waals surface area contributed by atoms with Crippen molar-refractivity contribution < 1.29 is 0 Å². The van der Waals surface area contributed by atoms with E-state index in [1.54, 1.807) is 0 Å². The Kier molecular flexibility index (Phi) is 6.20. The summed E-state index contributed by atoms with van der Waals surface area (Å²) >= 11 is 0. The molecule has 0 unspecified atom stereocenters. The van der Waals surface area contributed by atoms with Gasteiger partial charge in [0.25, 0.3) is 0 Å². The Bertz CT molecular complexity index is 998. The minimum atomic E-state index is 0.348. The first-order valence-corrected chi connectivity index (χ1v) is 10.8. The molecule has 3 aromatic rings. The Hall–Kier alpha value is -2.50. The van der Waals surface area contributed by atoms with Crippen LogP contribution in [0.25, 0.3) is 22.4 Å². The van der Waals surface area contributed by atoms with Gasteiger partial charge in [0.15, 0.2) is 5.65 Å². The van der Waals surface area contributed by atoms with Crippen LogP contribution in [0.5, 0.6) is 0 Å². The number of aromatic nitrogens is 5. The lowest BCUT2D eigenvalue weighted by atomic mass is 10.0. The molecule has 0 fully saturated rings. The highest BCUT2D eigenvalue weighted by Crippen LogP contribution is 2.33. The molecule has 0 spiro atoms. The highest BCUT2D eigenvalue weighted by molar-refractivity contribution is 5.82. The Balaban J connectivity index is 2.27. The Morgan fingerprint density at radius 1 is 1.00 bits per heavy atom. The Labute approximate surface area is 174 Å². The van der Waals surface area contributed by atoms with Crippen LogP contribution in [0.2, 0.25) is 0 Å². The number of fused-ring (bicyclic) bond motifs is 1. The van der Waals surface area contributed by atoms with Gasteiger partial charge in [-0.2, -0.15) is 5.10 Å². The highest BCUT2D eigenvalue weighted by atomic mass is 15.3. The van der Waals surface area contributed by atoms with Gasteiger partial charge in [-0.1, -0.05) is 34.6 Å². The van der Waals surface area contributed by atoms with Crippen molar-refractivity contribution in [2.24, 2.45) is 0 Å². The van der Waals surface area contributed by atoms with E-state index >= 15 is 0 Å². The summed E-state index contributed by atoms with van der Waals surface area (Å²) in [4.78, 5) is 17.1. The van der Waals surface area contributed by atoms with Crippen molar-refractivity contribution >= 4 is 17.0 Å². The van der Waals surface area contributed by atoms with Crippen LogP contribution >= 0.6 is 0 Å². The number of rotatable bonds is 7. The van der Waals surface area contributed by atoms with Crippen LogP contribution in [-0.2, 0) is 6.42 Å². The summed E-state index contributed by atoms with van der Waals surface area (Å²) in [6.45, 7) is 12.9. The van der Waals surface area contributed by atoms with Gasteiger partial charge >= 0.3 is 0 Å². The van der Waals surface area contributed by atoms with Crippen molar-refractivity contribution in [2.75, 3.05) is 19.0 Å². The van der Waals surface area contributed by atoms with Gasteiger partial charge in [-0.05, 0) is 44.2 Å². The van der Waals surface area contributed by atoms with E-state index in [9.17, 15) is 0 Å². The van der Waals surface area contributed by atoms with Crippen molar-refractivity contribution in [1.29, 1.82) is 0 Å². The third kappa shape index (κ3) is 3.85. The van der Waals surface area contributed by atoms with Crippen molar-refractivity contribution in [3.63, 3.8) is 0 Å². The second kappa shape index (κ2) is 8.47. The molecule has 0 radical (unpaired) electrons. The predicted molar refractivity (Wildman–Crippen MR) is 121 cm³/mol. The molecule has 0 atom stereocenters. The van der Waals surface area contributed by atoms with E-state index in [-0.39, 0.29) is 0 Å². The molecule has 3 rings (SSSR count). The summed E-state index contributed by atoms with van der Waals surface area (Å²) in [5.41, 5.74) is 6.74. The minimum Gasteiger partial charge on any atom is -0.362 e. The van der Waals surface area contributed by atoms with Crippen LogP contribution in [-0.4, -0.2) is 38.8 Å². The van der Waals surface area contributed by atoms with E-state index in [1.807, 2.05) is 21.0 Å². The quantitative estimate of drug-likeness (QED) is 0.543. The molecule has 0 bridgehead atoms. The summed E-state index contributed by atoms with van der Waals surface area (Å²) in [6, 6.07) is 4.60. The maximum Gasteiger partial charge on any atom is 0.177 e. The number of hydrogen-bond donors (Lipinski definition) is 0. The Morgan fingerprint density at radius 2 is 1.69 bits per heavy atom. The fourth-order valence-corrected chi connectivity index (χ4v) is 3.78. The first kappa shape index (κ1) is 21.2. The summed E-state index contributed by atoms with van der Waals surface area (Å²) in [5.74, 6) is 1.31. The lowest BCUT2D eigenvalue weighted by Crippen LogP contribution is -2.14. The number of pyridine rings is 1. The van der Waals surface area contributed by atoms with Gasteiger partial charge in [0.05, 0.1) is 23.1 Å². The second-order valence-corrected chi connectivity index (χ2v) is 8.20. The van der Waals surface area contributed by atoms with Crippen LogP contribution in [0.3, 0.4) is 0 Å². The smallest absolute Gasteiger partial charge is 0.177 e. The van der Waals surface area contributed by atoms with E-state index in [4.69, 9.17) is 20.1 Å². The van der Waals surface area contributed by atoms with Crippen LogP contribution in [0.1, 0.15) is 76.5 Å². The third-order valence-corrected chi connectivity index (χ3v) is 5.56. The average Bonchev–Trinajstić information content (AvgIpc) is 3.03. The summed E-state index contributed by atoms with van der Waals surface area (Å²) in [5, 5.41) is 4.80. The highest BCUT2D eigenvalue weighted by Gasteiger charge is 2.22. The minimum absolute atomic E-state index is 0.348. The van der Waals surface area contributed by atoms with Crippen molar-refractivity contribution in [3.8, 4) is 11.3 Å². The van der Waals surface area contributed by atoms with Gasteiger partial charge in [0, 0.05) is 25.4 Å². The van der Waals surface area contributed by atoms with Gasteiger partial charge in [-0.15, -0.1) is 0 Å². The molecule has 0 aliphatic carbocycles. The molecular formula is C23H34N6. The Morgan fingerprint density at radius 3 is 2.24 bits per heavy atom. The van der Waals surface area contributed by atoms with E-state index < -0.39 is 0 Å². The average molecular weight is 395 g/mol. The standard InChI is InChI=1S/C23H34N6/c1-9-16(10-2)29-23-20(15(6)27-29)26-21(18(11-3)24-23)17-12-13-19(14(4)5)25-22(17)28(7)8/h12-14,16H,9-11H2,1-8H3. The van der Waals surface area contributed by atoms with Crippen molar-refractivity contribution in [2.45, 2.75) is 72.8 Å². The van der Waals surface area contributed by atoms with E-state index in [2.05, 4.69) is 56.3 Å². The number of hydrogen-bond acceptors (Lipinski definition) is 5. The fourth-order valence-electron chi connectivity index (χ4n) is 3.78. The number of anilines is 1. The molecule has 0 aliphatic rings. The number of nitrogens with zero attached hydrogens (tertiary/aromatic N) is 6. The molecule has 0 amide bonds. The lowest BCUT2D eigenvalue weighted by molar-refractivity contribution is 0.436. The van der Waals surface area contributed by atoms with Crippen LogP contribution in [0.15, 0.2) is 12.1 Å². The predicted octanol–water partition coefficient (Wildman–Crippen LogP) is 5.31. The van der Waals surface area contributed by atoms with Crippen LogP contribution in [0.4, 0.5) is 5.82 Å². The van der Waals surface area contributed by atoms with Crippen LogP contribution in [0, 0.1) is 6.92 Å². The third-order valence-electron chi connectivity index (χ3n) is 5.56. The molecule has 0 saturated heterocycles. The van der Waals surface area contributed by atoms with E-state index in [0.717, 1.165) is 64.6 Å². The maximum atomic E-state index is 5.09. The molecule has 6 nitrogen and oxygen atoms in total. The van der Waals surface area contributed by atoms with Gasteiger partial charge in [0.1, 0.15) is 11.3 Å². The molecule has 3 aromatic heterocycles. The molecule has 6 heteroatoms. The van der Waals surface area contributed by atoms with Crippen molar-refractivity contribution in [1.82, 2.24) is 24.7 Å². The molecular weight excluding hydrogens is 360 g/mol. The molecule has 0 aliphatic heterocycles. The fraction of sp³-hybridized carbons (Fsp3) is 0.565. The zero-order valence-corrected chi connectivity index (χ0v) is 19.1. The zero-order valence-electron chi connectivity index (χ0n) is 19.1. The molecule has 156 valence electrons. The largest absolute Gasteiger partial charge is 0.362 e. The topological polar surface area (TPSA) is 59.7 Å². The van der Waals surface area contributed by atoms with Gasteiger partial charge in [-0.25, -0.2) is 19.6 Å². The van der Waals surface area contributed by atoms with E-state index in [1.165, 1.54) is 0 Å². The normalized spacial score (nSPS) is 11.8. The summed E-state index contributed by atoms with van der Waals surface area (Å²) < 4.78 is 2.08. The lowest BCUT2D eigenvalue weighted by Gasteiger charge is -2.19. The maximum absolute atomic E-state index is 5.09. The van der Waals surface area contributed by atoms with Crippen molar-refractivity contribution in [3.05, 3.63) is 29.2 Å². The first-order valence-electron chi connectivity index (χ1n) is 10.8. The molecule has 29 heavy (non-hydrogen) atoms. The molecule has 0 N–H and O–H groups in total. The SMILES string of the molecule is CCc1nc2c(nc1-c1ccc(C(C)C)nc1N(C)C)c(C)nn2C(CC)CC. The first-order chi connectivity index (χ1) is 13.8. The van der Waals surface area contributed by atoms with E-state index in [0.29, 0.717) is 12.0 Å². The molecule has 3 heterocycles. The summed E-state index contributed by atoms with van der Waals surface area (Å²) in [6.07, 6.45) is 2.87. The van der Waals surface area contributed by atoms with Gasteiger partial charge < -0.3 is 4.90 Å². The second-order valence-electron chi connectivity index (χ2n) is 8.20. The molecule has 0 aromatic carbocycles. The number of aryl methyl sites for hydroxylation is 2. The van der Waals surface area contributed by atoms with Crippen LogP contribution < -0.4 is 4.90 Å². The summed E-state index contributed by atoms with van der Waals surface area (Å²) in [7, 11) is 4.06.